The first-order valence-electron chi connectivity index (χ1n) is 9.13. The van der Waals surface area contributed by atoms with Crippen molar-refractivity contribution in [3.63, 3.8) is 0 Å². The minimum atomic E-state index is -3.81. The molecule has 152 valence electrons. The molecule has 2 N–H and O–H groups in total. The highest BCUT2D eigenvalue weighted by Gasteiger charge is 2.23. The number of aryl methyl sites for hydroxylation is 2. The molecule has 0 aromatic heterocycles. The van der Waals surface area contributed by atoms with E-state index in [-0.39, 0.29) is 34.2 Å². The third-order valence-corrected chi connectivity index (χ3v) is 6.03. The van der Waals surface area contributed by atoms with Gasteiger partial charge in [-0.05, 0) is 63.9 Å². The Morgan fingerprint density at radius 2 is 1.71 bits per heavy atom. The molecule has 0 aliphatic carbocycles. The third kappa shape index (κ3) is 5.11. The fraction of sp³-hybridized carbons (Fsp3) is 0.381. The van der Waals surface area contributed by atoms with Crippen LogP contribution >= 0.6 is 0 Å². The first-order chi connectivity index (χ1) is 13.0. The van der Waals surface area contributed by atoms with E-state index in [1.54, 1.807) is 19.9 Å². The molecule has 0 saturated carbocycles. The second-order valence-corrected chi connectivity index (χ2v) is 8.88. The zero-order valence-electron chi connectivity index (χ0n) is 17.2. The summed E-state index contributed by atoms with van der Waals surface area (Å²) in [6.07, 6.45) is 0. The number of hydrogen-bond acceptors (Lipinski definition) is 4. The molecule has 0 aliphatic rings. The second-order valence-electron chi connectivity index (χ2n) is 7.20. The van der Waals surface area contributed by atoms with Gasteiger partial charge in [-0.2, -0.15) is 0 Å². The highest BCUT2D eigenvalue weighted by Crippen LogP contribution is 2.26. The number of benzene rings is 2. The molecule has 0 aliphatic heterocycles. The van der Waals surface area contributed by atoms with Gasteiger partial charge in [0.05, 0.1) is 13.2 Å². The van der Waals surface area contributed by atoms with Crippen molar-refractivity contribution >= 4 is 15.9 Å². The summed E-state index contributed by atoms with van der Waals surface area (Å²) in [6, 6.07) is 9.97. The molecule has 1 atom stereocenters. The molecule has 0 fully saturated rings. The van der Waals surface area contributed by atoms with E-state index >= 15 is 0 Å². The van der Waals surface area contributed by atoms with Crippen molar-refractivity contribution in [1.82, 2.24) is 10.0 Å². The average Bonchev–Trinajstić information content (AvgIpc) is 2.61. The lowest BCUT2D eigenvalue weighted by atomic mass is 9.99. The molecule has 0 radical (unpaired) electrons. The van der Waals surface area contributed by atoms with E-state index in [0.29, 0.717) is 0 Å². The summed E-state index contributed by atoms with van der Waals surface area (Å²) in [4.78, 5) is 12.7. The normalized spacial score (nSPS) is 12.7. The fourth-order valence-electron chi connectivity index (χ4n) is 2.99. The highest BCUT2D eigenvalue weighted by atomic mass is 32.2. The number of carbonyl (C=O) groups excluding carboxylic acids is 1. The Labute approximate surface area is 167 Å². The van der Waals surface area contributed by atoms with E-state index < -0.39 is 10.0 Å². The van der Waals surface area contributed by atoms with Crippen LogP contribution in [0.25, 0.3) is 0 Å². The number of nitrogens with one attached hydrogen (secondary N) is 2. The summed E-state index contributed by atoms with van der Waals surface area (Å²) in [5.41, 5.74) is 3.47. The molecule has 2 rings (SSSR count). The fourth-order valence-corrected chi connectivity index (χ4v) is 4.43. The number of ether oxygens (including phenoxy) is 1. The van der Waals surface area contributed by atoms with Crippen molar-refractivity contribution in [2.45, 2.75) is 51.6 Å². The van der Waals surface area contributed by atoms with Crippen LogP contribution in [-0.4, -0.2) is 27.5 Å². The Balaban J connectivity index is 2.33. The number of hydrogen-bond donors (Lipinski definition) is 2. The highest BCUT2D eigenvalue weighted by molar-refractivity contribution is 7.89. The van der Waals surface area contributed by atoms with Crippen LogP contribution in [0.15, 0.2) is 41.3 Å². The van der Waals surface area contributed by atoms with Crippen LogP contribution in [0.4, 0.5) is 0 Å². The van der Waals surface area contributed by atoms with Crippen LogP contribution in [0.5, 0.6) is 5.75 Å². The standard InChI is InChI=1S/C21H28N2O4S/c1-13(2)23-28(25,26)20-12-17(9-10-19(20)27-6)21(24)22-16(5)18-11-14(3)7-8-15(18)4/h7-13,16,23H,1-6H3,(H,22,24). The van der Waals surface area contributed by atoms with Crippen molar-refractivity contribution in [1.29, 1.82) is 0 Å². The molecule has 0 heterocycles. The maximum atomic E-state index is 12.8. The average molecular weight is 405 g/mol. The molecule has 28 heavy (non-hydrogen) atoms. The Morgan fingerprint density at radius 3 is 2.32 bits per heavy atom. The van der Waals surface area contributed by atoms with Gasteiger partial charge in [-0.15, -0.1) is 0 Å². The quantitative estimate of drug-likeness (QED) is 0.740. The molecule has 2 aromatic carbocycles. The zero-order chi connectivity index (χ0) is 21.1. The smallest absolute Gasteiger partial charge is 0.251 e. The van der Waals surface area contributed by atoms with E-state index in [1.807, 2.05) is 39.0 Å². The topological polar surface area (TPSA) is 84.5 Å². The summed E-state index contributed by atoms with van der Waals surface area (Å²) in [6.45, 7) is 9.35. The maximum absolute atomic E-state index is 12.8. The number of rotatable bonds is 7. The lowest BCUT2D eigenvalue weighted by Gasteiger charge is -2.18. The van der Waals surface area contributed by atoms with Crippen LogP contribution in [-0.2, 0) is 10.0 Å². The van der Waals surface area contributed by atoms with E-state index in [2.05, 4.69) is 10.0 Å². The molecule has 0 spiro atoms. The van der Waals surface area contributed by atoms with Crippen LogP contribution in [0.3, 0.4) is 0 Å². The van der Waals surface area contributed by atoms with Gasteiger partial charge in [-0.3, -0.25) is 4.79 Å². The molecule has 7 heteroatoms. The summed E-state index contributed by atoms with van der Waals surface area (Å²) in [7, 11) is -2.41. The van der Waals surface area contributed by atoms with Gasteiger partial charge in [-0.1, -0.05) is 23.8 Å². The number of methoxy groups -OCH3 is 1. The summed E-state index contributed by atoms with van der Waals surface area (Å²) >= 11 is 0. The molecule has 0 saturated heterocycles. The molecular formula is C21H28N2O4S. The van der Waals surface area contributed by atoms with Gasteiger partial charge >= 0.3 is 0 Å². The Bertz CT molecular complexity index is 968. The van der Waals surface area contributed by atoms with Crippen molar-refractivity contribution in [3.05, 3.63) is 58.7 Å². The van der Waals surface area contributed by atoms with Crippen LogP contribution < -0.4 is 14.8 Å². The van der Waals surface area contributed by atoms with Gasteiger partial charge in [0.25, 0.3) is 5.91 Å². The van der Waals surface area contributed by atoms with Crippen molar-refractivity contribution < 1.29 is 17.9 Å². The monoisotopic (exact) mass is 404 g/mol. The van der Waals surface area contributed by atoms with Crippen molar-refractivity contribution in [2.24, 2.45) is 0 Å². The van der Waals surface area contributed by atoms with Gasteiger partial charge in [0, 0.05) is 11.6 Å². The zero-order valence-corrected chi connectivity index (χ0v) is 18.0. The summed E-state index contributed by atoms with van der Waals surface area (Å²) < 4.78 is 32.9. The SMILES string of the molecule is COc1ccc(C(=O)NC(C)c2cc(C)ccc2C)cc1S(=O)(=O)NC(C)C. The minimum absolute atomic E-state index is 0.0595. The van der Waals surface area contributed by atoms with Gasteiger partial charge < -0.3 is 10.1 Å². The first kappa shape index (κ1) is 21.9. The van der Waals surface area contributed by atoms with Crippen LogP contribution in [0.1, 0.15) is 53.9 Å². The Kier molecular flexibility index (Phi) is 6.85. The predicted octanol–water partition coefficient (Wildman–Crippen LogP) is 3.49. The summed E-state index contributed by atoms with van der Waals surface area (Å²) in [5.74, 6) is -0.163. The largest absolute Gasteiger partial charge is 0.495 e. The molecule has 1 amide bonds. The summed E-state index contributed by atoms with van der Waals surface area (Å²) in [5, 5.41) is 2.94. The maximum Gasteiger partial charge on any atom is 0.251 e. The van der Waals surface area contributed by atoms with E-state index in [9.17, 15) is 13.2 Å². The molecule has 0 bridgehead atoms. The van der Waals surface area contributed by atoms with Crippen molar-refractivity contribution in [2.75, 3.05) is 7.11 Å². The lowest BCUT2D eigenvalue weighted by Crippen LogP contribution is -2.31. The Morgan fingerprint density at radius 1 is 1.04 bits per heavy atom. The minimum Gasteiger partial charge on any atom is -0.495 e. The second kappa shape index (κ2) is 8.75. The molecule has 2 aromatic rings. The van der Waals surface area contributed by atoms with Crippen LogP contribution in [0, 0.1) is 13.8 Å². The molecule has 1 unspecified atom stereocenters. The number of carbonyl (C=O) groups is 1. The third-order valence-electron chi connectivity index (χ3n) is 4.36. The van der Waals surface area contributed by atoms with Gasteiger partial charge in [-0.25, -0.2) is 13.1 Å². The predicted molar refractivity (Wildman–Crippen MR) is 110 cm³/mol. The number of amides is 1. The number of sulfonamides is 1. The van der Waals surface area contributed by atoms with Crippen LogP contribution in [0.2, 0.25) is 0 Å². The van der Waals surface area contributed by atoms with Crippen molar-refractivity contribution in [3.8, 4) is 5.75 Å². The van der Waals surface area contributed by atoms with Gasteiger partial charge in [0.15, 0.2) is 0 Å². The van der Waals surface area contributed by atoms with E-state index in [4.69, 9.17) is 4.74 Å². The molecule has 6 nitrogen and oxygen atoms in total. The lowest BCUT2D eigenvalue weighted by molar-refractivity contribution is 0.0939. The molecular weight excluding hydrogens is 376 g/mol. The van der Waals surface area contributed by atoms with Gasteiger partial charge in [0.2, 0.25) is 10.0 Å². The Hall–Kier alpha value is -2.38. The van der Waals surface area contributed by atoms with E-state index in [0.717, 1.165) is 16.7 Å². The first-order valence-corrected chi connectivity index (χ1v) is 10.6. The van der Waals surface area contributed by atoms with Gasteiger partial charge in [0.1, 0.15) is 10.6 Å². The van der Waals surface area contributed by atoms with E-state index in [1.165, 1.54) is 19.2 Å².